The second kappa shape index (κ2) is 10.7. The van der Waals surface area contributed by atoms with E-state index in [1.807, 2.05) is 13.8 Å². The van der Waals surface area contributed by atoms with E-state index < -0.39 is 41.0 Å². The molecule has 0 aliphatic carbocycles. The summed E-state index contributed by atoms with van der Waals surface area (Å²) in [4.78, 5) is 12.2. The number of rotatable bonds is 9. The van der Waals surface area contributed by atoms with Crippen LogP contribution in [0.1, 0.15) is 32.7 Å². The van der Waals surface area contributed by atoms with Gasteiger partial charge in [-0.05, 0) is 37.1 Å². The minimum atomic E-state index is -1.66. The number of anilines is 1. The first-order chi connectivity index (χ1) is 15.7. The number of hydrogen-bond acceptors (Lipinski definition) is 5. The second-order valence-electron chi connectivity index (χ2n) is 7.60. The first kappa shape index (κ1) is 24.6. The molecule has 33 heavy (non-hydrogen) atoms. The Hall–Kier alpha value is -3.08. The normalized spacial score (nSPS) is 12.1. The highest BCUT2D eigenvalue weighted by Crippen LogP contribution is 2.27. The molecule has 1 atom stereocenters. The monoisotopic (exact) mass is 482 g/mol. The zero-order valence-corrected chi connectivity index (χ0v) is 18.9. The lowest BCUT2D eigenvalue weighted by Gasteiger charge is -2.18. The third-order valence-electron chi connectivity index (χ3n) is 4.44. The molecule has 1 amide bonds. The first-order valence-electron chi connectivity index (χ1n) is 10.1. The van der Waals surface area contributed by atoms with Gasteiger partial charge in [-0.15, -0.1) is 10.2 Å². The summed E-state index contributed by atoms with van der Waals surface area (Å²) >= 11 is 1.03. The summed E-state index contributed by atoms with van der Waals surface area (Å²) in [6, 6.07) is 7.67. The van der Waals surface area contributed by atoms with Crippen molar-refractivity contribution in [2.24, 2.45) is 5.92 Å². The van der Waals surface area contributed by atoms with Gasteiger partial charge in [-0.3, -0.25) is 4.79 Å². The van der Waals surface area contributed by atoms with Crippen molar-refractivity contribution in [1.29, 1.82) is 0 Å². The van der Waals surface area contributed by atoms with Crippen molar-refractivity contribution in [3.8, 4) is 5.75 Å². The molecule has 1 unspecified atom stereocenters. The number of para-hydroxylation sites is 1. The van der Waals surface area contributed by atoms with Crippen molar-refractivity contribution in [2.45, 2.75) is 38.6 Å². The van der Waals surface area contributed by atoms with Crippen LogP contribution in [0.5, 0.6) is 5.75 Å². The Labute approximate surface area is 192 Å². The molecule has 0 saturated heterocycles. The smallest absolute Gasteiger partial charge is 0.234 e. The van der Waals surface area contributed by atoms with Crippen LogP contribution in [0, 0.1) is 29.2 Å². The highest BCUT2D eigenvalue weighted by Gasteiger charge is 2.22. The van der Waals surface area contributed by atoms with Gasteiger partial charge in [0.05, 0.1) is 11.4 Å². The molecule has 2 aromatic carbocycles. The predicted octanol–water partition coefficient (Wildman–Crippen LogP) is 5.36. The summed E-state index contributed by atoms with van der Waals surface area (Å²) in [5.41, 5.74) is -0.462. The molecule has 0 spiro atoms. The highest BCUT2D eigenvalue weighted by molar-refractivity contribution is 7.99. The fourth-order valence-electron chi connectivity index (χ4n) is 2.97. The van der Waals surface area contributed by atoms with Gasteiger partial charge >= 0.3 is 0 Å². The van der Waals surface area contributed by atoms with E-state index in [1.165, 1.54) is 12.1 Å². The summed E-state index contributed by atoms with van der Waals surface area (Å²) in [6.07, 6.45) is -0.632. The van der Waals surface area contributed by atoms with E-state index in [1.54, 1.807) is 23.6 Å². The Balaban J connectivity index is 1.72. The molecular formula is C22H22F4N4O2S. The van der Waals surface area contributed by atoms with Gasteiger partial charge in [0.15, 0.2) is 46.1 Å². The van der Waals surface area contributed by atoms with Gasteiger partial charge in [0.2, 0.25) is 5.91 Å². The molecule has 0 radical (unpaired) electrons. The van der Waals surface area contributed by atoms with Crippen LogP contribution in [0.3, 0.4) is 0 Å². The highest BCUT2D eigenvalue weighted by atomic mass is 32.2. The fraction of sp³-hybridized carbons (Fsp3) is 0.318. The van der Waals surface area contributed by atoms with Crippen molar-refractivity contribution < 1.29 is 27.1 Å². The molecule has 0 aliphatic heterocycles. The van der Waals surface area contributed by atoms with Crippen LogP contribution in [0.15, 0.2) is 41.6 Å². The molecule has 0 saturated carbocycles. The Kier molecular flexibility index (Phi) is 7.96. The van der Waals surface area contributed by atoms with Gasteiger partial charge in [-0.1, -0.05) is 37.7 Å². The van der Waals surface area contributed by atoms with Gasteiger partial charge in [0.1, 0.15) is 0 Å². The number of amides is 1. The molecule has 3 aromatic rings. The molecule has 0 aliphatic rings. The SMILES string of the molecule is CC(C)Cn1c(SCC(=O)Nc2ccc(F)c(F)c2F)nnc1C(C)Oc1ccccc1F. The number of halogens is 4. The van der Waals surface area contributed by atoms with E-state index in [-0.39, 0.29) is 17.4 Å². The van der Waals surface area contributed by atoms with Crippen LogP contribution < -0.4 is 10.1 Å². The van der Waals surface area contributed by atoms with Crippen LogP contribution in [-0.4, -0.2) is 26.4 Å². The minimum Gasteiger partial charge on any atom is -0.480 e. The number of thioether (sulfide) groups is 1. The van der Waals surface area contributed by atoms with E-state index in [0.717, 1.165) is 23.9 Å². The third-order valence-corrected chi connectivity index (χ3v) is 5.41. The van der Waals surface area contributed by atoms with Crippen LogP contribution >= 0.6 is 11.8 Å². The van der Waals surface area contributed by atoms with E-state index in [9.17, 15) is 22.4 Å². The topological polar surface area (TPSA) is 69.0 Å². The molecule has 0 bridgehead atoms. The summed E-state index contributed by atoms with van der Waals surface area (Å²) in [5, 5.41) is 10.9. The average Bonchev–Trinajstić information content (AvgIpc) is 3.16. The Morgan fingerprint density at radius 1 is 1.03 bits per heavy atom. The molecule has 1 N–H and O–H groups in total. The van der Waals surface area contributed by atoms with E-state index >= 15 is 0 Å². The Morgan fingerprint density at radius 2 is 1.76 bits per heavy atom. The summed E-state index contributed by atoms with van der Waals surface area (Å²) in [6.45, 7) is 6.19. The zero-order valence-electron chi connectivity index (χ0n) is 18.1. The van der Waals surface area contributed by atoms with Gasteiger partial charge in [0, 0.05) is 6.54 Å². The van der Waals surface area contributed by atoms with Crippen molar-refractivity contribution in [2.75, 3.05) is 11.1 Å². The standard InChI is InChI=1S/C22H22F4N4O2S/c1-12(2)10-30-21(13(3)32-17-7-5-4-6-14(17)23)28-29-22(30)33-11-18(31)27-16-9-8-15(24)19(25)20(16)26/h4-9,12-13H,10-11H2,1-3H3,(H,27,31). The fourth-order valence-corrected chi connectivity index (χ4v) is 3.72. The summed E-state index contributed by atoms with van der Waals surface area (Å²) in [5.74, 6) is -5.09. The summed E-state index contributed by atoms with van der Waals surface area (Å²) in [7, 11) is 0. The maximum absolute atomic E-state index is 14.0. The second-order valence-corrected chi connectivity index (χ2v) is 8.54. The lowest BCUT2D eigenvalue weighted by Crippen LogP contribution is -2.18. The lowest BCUT2D eigenvalue weighted by molar-refractivity contribution is -0.113. The largest absolute Gasteiger partial charge is 0.480 e. The van der Waals surface area contributed by atoms with Gasteiger partial charge in [-0.25, -0.2) is 17.6 Å². The molecule has 6 nitrogen and oxygen atoms in total. The molecule has 11 heteroatoms. The van der Waals surface area contributed by atoms with Crippen molar-refractivity contribution in [3.63, 3.8) is 0 Å². The quantitative estimate of drug-likeness (QED) is 0.253. The van der Waals surface area contributed by atoms with E-state index in [0.29, 0.717) is 17.5 Å². The number of aromatic nitrogens is 3. The van der Waals surface area contributed by atoms with Crippen LogP contribution in [0.25, 0.3) is 0 Å². The van der Waals surface area contributed by atoms with Gasteiger partial charge in [-0.2, -0.15) is 0 Å². The number of ether oxygens (including phenoxy) is 1. The number of benzene rings is 2. The van der Waals surface area contributed by atoms with Gasteiger partial charge in [0.25, 0.3) is 0 Å². The van der Waals surface area contributed by atoms with Crippen LogP contribution in [0.2, 0.25) is 0 Å². The Morgan fingerprint density at radius 3 is 2.45 bits per heavy atom. The third kappa shape index (κ3) is 6.04. The molecule has 1 aromatic heterocycles. The summed E-state index contributed by atoms with van der Waals surface area (Å²) < 4.78 is 61.7. The number of hydrogen-bond donors (Lipinski definition) is 1. The van der Waals surface area contributed by atoms with E-state index in [2.05, 4.69) is 15.5 Å². The molecule has 1 heterocycles. The average molecular weight is 483 g/mol. The van der Waals surface area contributed by atoms with Crippen LogP contribution in [0.4, 0.5) is 23.2 Å². The maximum Gasteiger partial charge on any atom is 0.234 e. The molecule has 176 valence electrons. The lowest BCUT2D eigenvalue weighted by atomic mass is 10.2. The van der Waals surface area contributed by atoms with E-state index in [4.69, 9.17) is 4.74 Å². The van der Waals surface area contributed by atoms with Crippen molar-refractivity contribution >= 4 is 23.4 Å². The van der Waals surface area contributed by atoms with Crippen LogP contribution in [-0.2, 0) is 11.3 Å². The van der Waals surface area contributed by atoms with Crippen molar-refractivity contribution in [3.05, 3.63) is 65.5 Å². The number of nitrogens with one attached hydrogen (secondary N) is 1. The minimum absolute atomic E-state index is 0.0752. The molecule has 3 rings (SSSR count). The number of carbonyl (C=O) groups excluding carboxylic acids is 1. The number of nitrogens with zero attached hydrogens (tertiary/aromatic N) is 3. The van der Waals surface area contributed by atoms with Gasteiger partial charge < -0.3 is 14.6 Å². The number of carbonyl (C=O) groups is 1. The zero-order chi connectivity index (χ0) is 24.1. The maximum atomic E-state index is 14.0. The first-order valence-corrected chi connectivity index (χ1v) is 11.1. The predicted molar refractivity (Wildman–Crippen MR) is 116 cm³/mol. The molecular weight excluding hydrogens is 460 g/mol. The molecule has 0 fully saturated rings. The van der Waals surface area contributed by atoms with Crippen molar-refractivity contribution in [1.82, 2.24) is 14.8 Å². The Bertz CT molecular complexity index is 1140.